The molecule has 1 amide bonds. The molecule has 1 N–H and O–H groups in total. The molecular formula is C16H16N2O4. The molecule has 1 heterocycles. The molecule has 0 fully saturated rings. The van der Waals surface area contributed by atoms with Gasteiger partial charge in [0, 0.05) is 12.3 Å². The van der Waals surface area contributed by atoms with Crippen LogP contribution in [0.25, 0.3) is 0 Å². The fraction of sp³-hybridized carbons (Fsp3) is 0.188. The van der Waals surface area contributed by atoms with Gasteiger partial charge in [0.05, 0.1) is 12.7 Å². The van der Waals surface area contributed by atoms with Gasteiger partial charge in [0.1, 0.15) is 13.2 Å². The molecule has 0 atom stereocenters. The normalized spacial score (nSPS) is 9.86. The second-order valence-corrected chi connectivity index (χ2v) is 4.42. The second kappa shape index (κ2) is 7.78. The maximum atomic E-state index is 11.8. The molecule has 22 heavy (non-hydrogen) atoms. The quantitative estimate of drug-likeness (QED) is 0.819. The standard InChI is InChI=1S/C16H16N2O4/c1-21-15(19)10-18-16(20)13-7-8-14(17-9-13)22-11-12-5-3-2-4-6-12/h2-9H,10-11H2,1H3,(H,18,20). The summed E-state index contributed by atoms with van der Waals surface area (Å²) in [4.78, 5) is 26.8. The van der Waals surface area contributed by atoms with Gasteiger partial charge in [-0.05, 0) is 11.6 Å². The molecule has 2 aromatic rings. The number of carbonyl (C=O) groups is 2. The molecule has 0 aliphatic heterocycles. The topological polar surface area (TPSA) is 77.5 Å². The molecule has 0 radical (unpaired) electrons. The van der Waals surface area contributed by atoms with Gasteiger partial charge < -0.3 is 14.8 Å². The van der Waals surface area contributed by atoms with Crippen molar-refractivity contribution >= 4 is 11.9 Å². The van der Waals surface area contributed by atoms with Crippen molar-refractivity contribution in [3.05, 3.63) is 59.8 Å². The Morgan fingerprint density at radius 1 is 1.14 bits per heavy atom. The zero-order valence-electron chi connectivity index (χ0n) is 12.1. The SMILES string of the molecule is COC(=O)CNC(=O)c1ccc(OCc2ccccc2)nc1. The molecule has 6 nitrogen and oxygen atoms in total. The van der Waals surface area contributed by atoms with E-state index in [0.717, 1.165) is 5.56 Å². The van der Waals surface area contributed by atoms with Crippen LogP contribution in [0.1, 0.15) is 15.9 Å². The first kappa shape index (κ1) is 15.5. The fourth-order valence-electron chi connectivity index (χ4n) is 1.66. The predicted octanol–water partition coefficient (Wildman–Crippen LogP) is 1.56. The summed E-state index contributed by atoms with van der Waals surface area (Å²) >= 11 is 0. The maximum Gasteiger partial charge on any atom is 0.325 e. The fourth-order valence-corrected chi connectivity index (χ4v) is 1.66. The van der Waals surface area contributed by atoms with Crippen LogP contribution in [0.4, 0.5) is 0 Å². The number of aromatic nitrogens is 1. The largest absolute Gasteiger partial charge is 0.473 e. The first-order valence-corrected chi connectivity index (χ1v) is 6.67. The number of pyridine rings is 1. The Hall–Kier alpha value is -2.89. The highest BCUT2D eigenvalue weighted by Gasteiger charge is 2.08. The summed E-state index contributed by atoms with van der Waals surface area (Å²) in [7, 11) is 1.26. The summed E-state index contributed by atoms with van der Waals surface area (Å²) in [5.74, 6) is -0.481. The van der Waals surface area contributed by atoms with Gasteiger partial charge in [-0.1, -0.05) is 30.3 Å². The molecule has 1 aromatic carbocycles. The average Bonchev–Trinajstić information content (AvgIpc) is 2.59. The Morgan fingerprint density at radius 3 is 2.55 bits per heavy atom. The van der Waals surface area contributed by atoms with Crippen LogP contribution >= 0.6 is 0 Å². The number of benzene rings is 1. The van der Waals surface area contributed by atoms with Crippen LogP contribution in [-0.4, -0.2) is 30.5 Å². The molecule has 0 aliphatic rings. The Labute approximate surface area is 128 Å². The first-order valence-electron chi connectivity index (χ1n) is 6.67. The van der Waals surface area contributed by atoms with Crippen molar-refractivity contribution in [2.24, 2.45) is 0 Å². The third-order valence-corrected chi connectivity index (χ3v) is 2.85. The van der Waals surface area contributed by atoms with Gasteiger partial charge in [0.15, 0.2) is 0 Å². The number of rotatable bonds is 6. The highest BCUT2D eigenvalue weighted by Crippen LogP contribution is 2.10. The number of hydrogen-bond acceptors (Lipinski definition) is 5. The number of amides is 1. The van der Waals surface area contributed by atoms with Gasteiger partial charge in [0.25, 0.3) is 5.91 Å². The summed E-state index contributed by atoms with van der Waals surface area (Å²) in [5.41, 5.74) is 1.38. The number of esters is 1. The van der Waals surface area contributed by atoms with E-state index in [9.17, 15) is 9.59 Å². The van der Waals surface area contributed by atoms with Crippen LogP contribution in [0.2, 0.25) is 0 Å². The number of methoxy groups -OCH3 is 1. The molecule has 114 valence electrons. The Morgan fingerprint density at radius 2 is 1.91 bits per heavy atom. The van der Waals surface area contributed by atoms with Crippen molar-refractivity contribution in [3.8, 4) is 5.88 Å². The highest BCUT2D eigenvalue weighted by atomic mass is 16.5. The lowest BCUT2D eigenvalue weighted by Crippen LogP contribution is -2.30. The zero-order chi connectivity index (χ0) is 15.8. The van der Waals surface area contributed by atoms with Gasteiger partial charge >= 0.3 is 5.97 Å². The van der Waals surface area contributed by atoms with E-state index < -0.39 is 11.9 Å². The Balaban J connectivity index is 1.87. The molecule has 0 saturated heterocycles. The van der Waals surface area contributed by atoms with E-state index in [1.165, 1.54) is 13.3 Å². The minimum atomic E-state index is -0.510. The molecule has 0 bridgehead atoms. The number of nitrogens with one attached hydrogen (secondary N) is 1. The van der Waals surface area contributed by atoms with E-state index in [2.05, 4.69) is 15.0 Å². The smallest absolute Gasteiger partial charge is 0.325 e. The Bertz CT molecular complexity index is 626. The van der Waals surface area contributed by atoms with Crippen molar-refractivity contribution in [2.45, 2.75) is 6.61 Å². The molecular weight excluding hydrogens is 284 g/mol. The van der Waals surface area contributed by atoms with Crippen molar-refractivity contribution in [2.75, 3.05) is 13.7 Å². The number of nitrogens with zero attached hydrogens (tertiary/aromatic N) is 1. The molecule has 0 aliphatic carbocycles. The summed E-state index contributed by atoms with van der Waals surface area (Å²) in [6.07, 6.45) is 1.40. The molecule has 0 unspecified atom stereocenters. The van der Waals surface area contributed by atoms with E-state index in [1.54, 1.807) is 12.1 Å². The van der Waals surface area contributed by atoms with Gasteiger partial charge in [0.2, 0.25) is 5.88 Å². The molecule has 0 saturated carbocycles. The van der Waals surface area contributed by atoms with Crippen LogP contribution < -0.4 is 10.1 Å². The Kier molecular flexibility index (Phi) is 5.48. The first-order chi connectivity index (χ1) is 10.7. The van der Waals surface area contributed by atoms with Crippen molar-refractivity contribution < 1.29 is 19.1 Å². The van der Waals surface area contributed by atoms with E-state index in [0.29, 0.717) is 18.1 Å². The number of carbonyl (C=O) groups excluding carboxylic acids is 2. The summed E-state index contributed by atoms with van der Waals surface area (Å²) in [6.45, 7) is 0.226. The van der Waals surface area contributed by atoms with Crippen LogP contribution in [0.15, 0.2) is 48.7 Å². The lowest BCUT2D eigenvalue weighted by Gasteiger charge is -2.07. The van der Waals surface area contributed by atoms with Crippen LogP contribution in [0.3, 0.4) is 0 Å². The summed E-state index contributed by atoms with van der Waals surface area (Å²) < 4.78 is 9.97. The van der Waals surface area contributed by atoms with E-state index in [1.807, 2.05) is 30.3 Å². The number of hydrogen-bond donors (Lipinski definition) is 1. The third kappa shape index (κ3) is 4.59. The van der Waals surface area contributed by atoms with Gasteiger partial charge in [-0.25, -0.2) is 4.98 Å². The monoisotopic (exact) mass is 300 g/mol. The molecule has 1 aromatic heterocycles. The lowest BCUT2D eigenvalue weighted by atomic mass is 10.2. The predicted molar refractivity (Wildman–Crippen MR) is 79.4 cm³/mol. The van der Waals surface area contributed by atoms with Gasteiger partial charge in [-0.2, -0.15) is 0 Å². The molecule has 0 spiro atoms. The van der Waals surface area contributed by atoms with Crippen LogP contribution in [0, 0.1) is 0 Å². The van der Waals surface area contributed by atoms with E-state index in [-0.39, 0.29) is 6.54 Å². The van der Waals surface area contributed by atoms with Crippen LogP contribution in [0.5, 0.6) is 5.88 Å². The molecule has 6 heteroatoms. The number of ether oxygens (including phenoxy) is 2. The third-order valence-electron chi connectivity index (χ3n) is 2.85. The van der Waals surface area contributed by atoms with Crippen molar-refractivity contribution in [1.82, 2.24) is 10.3 Å². The molecule has 2 rings (SSSR count). The lowest BCUT2D eigenvalue weighted by molar-refractivity contribution is -0.139. The van der Waals surface area contributed by atoms with Gasteiger partial charge in [-0.3, -0.25) is 9.59 Å². The zero-order valence-corrected chi connectivity index (χ0v) is 12.1. The minimum absolute atomic E-state index is 0.179. The summed E-state index contributed by atoms with van der Waals surface area (Å²) in [5, 5.41) is 2.43. The van der Waals surface area contributed by atoms with E-state index >= 15 is 0 Å². The maximum absolute atomic E-state index is 11.8. The second-order valence-electron chi connectivity index (χ2n) is 4.42. The highest BCUT2D eigenvalue weighted by molar-refractivity contribution is 5.95. The van der Waals surface area contributed by atoms with E-state index in [4.69, 9.17) is 4.74 Å². The van der Waals surface area contributed by atoms with Gasteiger partial charge in [-0.15, -0.1) is 0 Å². The summed E-state index contributed by atoms with van der Waals surface area (Å²) in [6, 6.07) is 12.9. The van der Waals surface area contributed by atoms with Crippen LogP contribution in [-0.2, 0) is 16.1 Å². The minimum Gasteiger partial charge on any atom is -0.473 e. The van der Waals surface area contributed by atoms with Crippen molar-refractivity contribution in [1.29, 1.82) is 0 Å². The average molecular weight is 300 g/mol. The van der Waals surface area contributed by atoms with Crippen molar-refractivity contribution in [3.63, 3.8) is 0 Å².